The molecule has 1 N–H and O–H groups in total. The lowest BCUT2D eigenvalue weighted by Gasteiger charge is -2.33. The highest BCUT2D eigenvalue weighted by Gasteiger charge is 2.27. The van der Waals surface area contributed by atoms with E-state index in [1.807, 2.05) is 31.3 Å². The molecule has 0 fully saturated rings. The minimum atomic E-state index is -3.55. The van der Waals surface area contributed by atoms with E-state index in [4.69, 9.17) is 23.2 Å². The summed E-state index contributed by atoms with van der Waals surface area (Å²) in [4.78, 5) is 2.20. The zero-order chi connectivity index (χ0) is 19.1. The van der Waals surface area contributed by atoms with Gasteiger partial charge in [-0.15, -0.1) is 0 Å². The summed E-state index contributed by atoms with van der Waals surface area (Å²) < 4.78 is 27.9. The van der Waals surface area contributed by atoms with Crippen LogP contribution in [0.3, 0.4) is 0 Å². The Morgan fingerprint density at radius 3 is 2.62 bits per heavy atom. The molecule has 1 aliphatic rings. The molecule has 2 aromatic carbocycles. The van der Waals surface area contributed by atoms with Crippen molar-refractivity contribution in [3.8, 4) is 0 Å². The number of halogens is 2. The number of likely N-dealkylation sites (N-methyl/N-ethyl adjacent to an activating group) is 1. The molecule has 0 saturated carbocycles. The largest absolute Gasteiger partial charge is 0.301 e. The smallest absolute Gasteiger partial charge is 0.301 e. The number of hydrogen-bond acceptors (Lipinski definition) is 3. The van der Waals surface area contributed by atoms with Gasteiger partial charge < -0.3 is 4.90 Å². The molecule has 1 heterocycles. The minimum Gasteiger partial charge on any atom is -0.301 e. The fourth-order valence-electron chi connectivity index (χ4n) is 3.19. The summed E-state index contributed by atoms with van der Waals surface area (Å²) in [5.41, 5.74) is 3.69. The first kappa shape index (κ1) is 19.5. The van der Waals surface area contributed by atoms with Crippen LogP contribution in [0.1, 0.15) is 22.6 Å². The van der Waals surface area contributed by atoms with E-state index in [0.29, 0.717) is 15.7 Å². The summed E-state index contributed by atoms with van der Waals surface area (Å²) >= 11 is 12.6. The zero-order valence-corrected chi connectivity index (χ0v) is 17.2. The van der Waals surface area contributed by atoms with Crippen molar-refractivity contribution >= 4 is 39.1 Å². The summed E-state index contributed by atoms with van der Waals surface area (Å²) in [7, 11) is 1.47. The van der Waals surface area contributed by atoms with Crippen molar-refractivity contribution < 1.29 is 8.42 Å². The average molecular weight is 414 g/mol. The highest BCUT2D eigenvalue weighted by atomic mass is 35.5. The number of fused-ring (bicyclic) bond motifs is 1. The Labute approximate surface area is 164 Å². The third kappa shape index (κ3) is 4.00. The maximum absolute atomic E-state index is 12.1. The second kappa shape index (κ2) is 7.37. The van der Waals surface area contributed by atoms with Crippen molar-refractivity contribution in [2.24, 2.45) is 0 Å². The van der Waals surface area contributed by atoms with Gasteiger partial charge in [0.2, 0.25) is 0 Å². The summed E-state index contributed by atoms with van der Waals surface area (Å²) in [6.07, 6.45) is 0. The van der Waals surface area contributed by atoms with Crippen molar-refractivity contribution in [3.05, 3.63) is 63.1 Å². The molecular formula is C18H21Cl2N3O2S. The van der Waals surface area contributed by atoms with Crippen LogP contribution in [0.4, 0.5) is 5.69 Å². The molecule has 0 bridgehead atoms. The number of hydrogen-bond donors (Lipinski definition) is 1. The highest BCUT2D eigenvalue weighted by molar-refractivity contribution is 7.90. The maximum Gasteiger partial charge on any atom is 0.301 e. The first-order valence-corrected chi connectivity index (χ1v) is 10.3. The van der Waals surface area contributed by atoms with E-state index >= 15 is 0 Å². The van der Waals surface area contributed by atoms with E-state index in [1.165, 1.54) is 14.1 Å². The molecule has 5 nitrogen and oxygen atoms in total. The Morgan fingerprint density at radius 1 is 1.19 bits per heavy atom. The van der Waals surface area contributed by atoms with Crippen molar-refractivity contribution in [3.63, 3.8) is 0 Å². The highest BCUT2D eigenvalue weighted by Crippen LogP contribution is 2.38. The van der Waals surface area contributed by atoms with Gasteiger partial charge in [-0.1, -0.05) is 35.3 Å². The number of nitrogens with zero attached hydrogens (tertiary/aromatic N) is 2. The Kier molecular flexibility index (Phi) is 5.51. The lowest BCUT2D eigenvalue weighted by Crippen LogP contribution is -2.31. The van der Waals surface area contributed by atoms with Crippen LogP contribution in [-0.2, 0) is 16.8 Å². The molecule has 1 unspecified atom stereocenters. The van der Waals surface area contributed by atoms with Crippen molar-refractivity contribution in [2.45, 2.75) is 12.5 Å². The average Bonchev–Trinajstić information content (AvgIpc) is 2.54. The molecule has 1 atom stereocenters. The summed E-state index contributed by atoms with van der Waals surface area (Å²) in [6.45, 7) is 1.56. The van der Waals surface area contributed by atoms with E-state index in [-0.39, 0.29) is 5.92 Å². The molecule has 2 aromatic rings. The van der Waals surface area contributed by atoms with Gasteiger partial charge in [0.25, 0.3) is 0 Å². The van der Waals surface area contributed by atoms with Crippen LogP contribution in [0.2, 0.25) is 10.0 Å². The number of rotatable bonds is 4. The van der Waals surface area contributed by atoms with E-state index in [0.717, 1.165) is 34.1 Å². The Morgan fingerprint density at radius 2 is 1.92 bits per heavy atom. The van der Waals surface area contributed by atoms with E-state index < -0.39 is 10.2 Å². The fraction of sp³-hybridized carbons (Fsp3) is 0.333. The van der Waals surface area contributed by atoms with Gasteiger partial charge >= 0.3 is 10.2 Å². The molecule has 0 spiro atoms. The van der Waals surface area contributed by atoms with E-state index in [1.54, 1.807) is 12.1 Å². The predicted octanol–water partition coefficient (Wildman–Crippen LogP) is 3.79. The Hall–Kier alpha value is -1.31. The molecule has 0 amide bonds. The lowest BCUT2D eigenvalue weighted by molar-refractivity contribution is 0.295. The number of nitrogens with one attached hydrogen (secondary N) is 1. The zero-order valence-electron chi connectivity index (χ0n) is 14.8. The van der Waals surface area contributed by atoms with Gasteiger partial charge in [-0.2, -0.15) is 12.7 Å². The first-order valence-electron chi connectivity index (χ1n) is 8.14. The van der Waals surface area contributed by atoms with Gasteiger partial charge in [0.05, 0.1) is 5.69 Å². The first-order chi connectivity index (χ1) is 12.2. The molecule has 0 aromatic heterocycles. The van der Waals surface area contributed by atoms with Crippen LogP contribution in [0.25, 0.3) is 0 Å². The van der Waals surface area contributed by atoms with Crippen LogP contribution in [0.15, 0.2) is 36.4 Å². The second-order valence-electron chi connectivity index (χ2n) is 6.72. The van der Waals surface area contributed by atoms with Gasteiger partial charge in [0.15, 0.2) is 0 Å². The van der Waals surface area contributed by atoms with Crippen molar-refractivity contribution in [2.75, 3.05) is 32.4 Å². The molecule has 0 radical (unpaired) electrons. The molecule has 0 saturated heterocycles. The van der Waals surface area contributed by atoms with Crippen LogP contribution < -0.4 is 4.72 Å². The van der Waals surface area contributed by atoms with Gasteiger partial charge in [-0.25, -0.2) is 0 Å². The molecular weight excluding hydrogens is 393 g/mol. The topological polar surface area (TPSA) is 52.7 Å². The third-order valence-electron chi connectivity index (χ3n) is 4.51. The Balaban J connectivity index is 2.02. The molecule has 3 rings (SSSR count). The van der Waals surface area contributed by atoms with Gasteiger partial charge in [0, 0.05) is 43.1 Å². The van der Waals surface area contributed by atoms with E-state index in [9.17, 15) is 8.42 Å². The second-order valence-corrected chi connectivity index (χ2v) is 9.45. The number of anilines is 1. The summed E-state index contributed by atoms with van der Waals surface area (Å²) in [5.74, 6) is 0.0590. The lowest BCUT2D eigenvalue weighted by atomic mass is 9.84. The summed E-state index contributed by atoms with van der Waals surface area (Å²) in [6, 6.07) is 11.2. The maximum atomic E-state index is 12.1. The third-order valence-corrected chi connectivity index (χ3v) is 6.52. The van der Waals surface area contributed by atoms with Gasteiger partial charge in [0.1, 0.15) is 0 Å². The number of benzene rings is 2. The molecule has 1 aliphatic heterocycles. The van der Waals surface area contributed by atoms with Crippen LogP contribution >= 0.6 is 23.2 Å². The molecule has 8 heteroatoms. The summed E-state index contributed by atoms with van der Waals surface area (Å²) in [5, 5.41) is 1.27. The van der Waals surface area contributed by atoms with Crippen molar-refractivity contribution in [1.29, 1.82) is 0 Å². The predicted molar refractivity (Wildman–Crippen MR) is 107 cm³/mol. The van der Waals surface area contributed by atoms with Gasteiger partial charge in [-0.3, -0.25) is 4.72 Å². The van der Waals surface area contributed by atoms with Crippen molar-refractivity contribution in [1.82, 2.24) is 9.21 Å². The SMILES string of the molecule is CN1Cc2c(Cl)cc(Cl)cc2C(c2cccc(NS(=O)(=O)N(C)C)c2)C1. The van der Waals surface area contributed by atoms with Crippen LogP contribution in [-0.4, -0.2) is 45.3 Å². The van der Waals surface area contributed by atoms with Gasteiger partial charge in [-0.05, 0) is 48.0 Å². The molecule has 0 aliphatic carbocycles. The van der Waals surface area contributed by atoms with Crippen LogP contribution in [0, 0.1) is 0 Å². The normalized spacial score (nSPS) is 18.0. The standard InChI is InChI=1S/C18H21Cl2N3O2S/c1-22(2)26(24,25)21-14-6-4-5-12(7-14)16-10-23(3)11-17-15(16)8-13(19)9-18(17)20/h4-9,16,21H,10-11H2,1-3H3. The monoisotopic (exact) mass is 413 g/mol. The van der Waals surface area contributed by atoms with E-state index in [2.05, 4.69) is 9.62 Å². The fourth-order valence-corrected chi connectivity index (χ4v) is 4.37. The van der Waals surface area contributed by atoms with Crippen LogP contribution in [0.5, 0.6) is 0 Å². The Bertz CT molecular complexity index is 932. The molecule has 26 heavy (non-hydrogen) atoms. The quantitative estimate of drug-likeness (QED) is 0.829. The molecule has 140 valence electrons. The minimum absolute atomic E-state index is 0.0590.